The number of nitrogens with one attached hydrogen (secondary N) is 1. The predicted octanol–water partition coefficient (Wildman–Crippen LogP) is 0.220. The van der Waals surface area contributed by atoms with E-state index in [1.165, 1.54) is 16.4 Å². The van der Waals surface area contributed by atoms with Crippen LogP contribution in [0, 0.1) is 6.92 Å². The van der Waals surface area contributed by atoms with Gasteiger partial charge < -0.3 is 15.2 Å². The highest BCUT2D eigenvalue weighted by Crippen LogP contribution is 2.20. The number of nitrogens with zero attached hydrogens (tertiary/aromatic N) is 1. The van der Waals surface area contributed by atoms with Gasteiger partial charge in [0.15, 0.2) is 0 Å². The molecule has 1 aromatic rings. The maximum atomic E-state index is 12.6. The molecule has 1 saturated heterocycles. The van der Waals surface area contributed by atoms with Crippen molar-refractivity contribution in [3.8, 4) is 0 Å². The number of carbonyl (C=O) groups excluding carboxylic acids is 1. The van der Waals surface area contributed by atoms with Crippen LogP contribution in [0.25, 0.3) is 0 Å². The zero-order chi connectivity index (χ0) is 17.7. The summed E-state index contributed by atoms with van der Waals surface area (Å²) in [4.78, 5) is 22.7. The van der Waals surface area contributed by atoms with Crippen molar-refractivity contribution in [3.05, 3.63) is 29.3 Å². The number of hydrogen-bond acceptors (Lipinski definition) is 5. The number of sulfonamides is 1. The van der Waals surface area contributed by atoms with Gasteiger partial charge in [-0.05, 0) is 24.6 Å². The van der Waals surface area contributed by atoms with Crippen molar-refractivity contribution in [2.24, 2.45) is 0 Å². The Morgan fingerprint density at radius 3 is 2.58 bits per heavy atom. The molecule has 1 aromatic carbocycles. The molecular formula is C15H20N2O6S. The highest BCUT2D eigenvalue weighted by molar-refractivity contribution is 7.89. The van der Waals surface area contributed by atoms with Crippen molar-refractivity contribution in [3.63, 3.8) is 0 Å². The van der Waals surface area contributed by atoms with Crippen LogP contribution in [0.2, 0.25) is 0 Å². The number of rotatable bonds is 6. The maximum absolute atomic E-state index is 12.6. The standard InChI is InChI=1S/C15H20N2O6S/c1-11-2-3-12(24(21,22)17-6-8-23-9-7-17)10-13(11)15(20)16-5-4-14(18)19/h2-3,10H,4-9H2,1H3,(H,16,20)(H,18,19). The van der Waals surface area contributed by atoms with E-state index in [-0.39, 0.29) is 36.5 Å². The molecule has 0 radical (unpaired) electrons. The highest BCUT2D eigenvalue weighted by atomic mass is 32.2. The minimum Gasteiger partial charge on any atom is -0.481 e. The fraction of sp³-hybridized carbons (Fsp3) is 0.467. The first-order valence-electron chi connectivity index (χ1n) is 7.51. The molecule has 0 saturated carbocycles. The van der Waals surface area contributed by atoms with Gasteiger partial charge in [0.25, 0.3) is 5.91 Å². The number of benzene rings is 1. The quantitative estimate of drug-likeness (QED) is 0.754. The molecule has 1 amide bonds. The second-order valence-corrected chi connectivity index (χ2v) is 7.33. The van der Waals surface area contributed by atoms with Gasteiger partial charge in [-0.2, -0.15) is 4.31 Å². The molecule has 24 heavy (non-hydrogen) atoms. The third-order valence-corrected chi connectivity index (χ3v) is 5.58. The number of ether oxygens (including phenoxy) is 1. The second-order valence-electron chi connectivity index (χ2n) is 5.39. The van der Waals surface area contributed by atoms with Gasteiger partial charge in [0, 0.05) is 25.2 Å². The third kappa shape index (κ3) is 4.31. The molecule has 1 aliphatic rings. The van der Waals surface area contributed by atoms with Crippen molar-refractivity contribution >= 4 is 21.9 Å². The van der Waals surface area contributed by atoms with Crippen LogP contribution in [0.15, 0.2) is 23.1 Å². The molecule has 0 aromatic heterocycles. The molecule has 0 aliphatic carbocycles. The highest BCUT2D eigenvalue weighted by Gasteiger charge is 2.27. The van der Waals surface area contributed by atoms with E-state index in [0.717, 1.165) is 0 Å². The van der Waals surface area contributed by atoms with E-state index in [9.17, 15) is 18.0 Å². The van der Waals surface area contributed by atoms with E-state index in [1.54, 1.807) is 13.0 Å². The zero-order valence-electron chi connectivity index (χ0n) is 13.3. The smallest absolute Gasteiger partial charge is 0.305 e. The van der Waals surface area contributed by atoms with E-state index in [0.29, 0.717) is 18.8 Å². The molecule has 9 heteroatoms. The number of aryl methyl sites for hydroxylation is 1. The number of amides is 1. The first-order chi connectivity index (χ1) is 11.3. The minimum atomic E-state index is -3.69. The molecule has 0 bridgehead atoms. The van der Waals surface area contributed by atoms with Crippen LogP contribution in [0.1, 0.15) is 22.3 Å². The summed E-state index contributed by atoms with van der Waals surface area (Å²) in [7, 11) is -3.69. The molecule has 1 aliphatic heterocycles. The monoisotopic (exact) mass is 356 g/mol. The van der Waals surface area contributed by atoms with Crippen LogP contribution >= 0.6 is 0 Å². The summed E-state index contributed by atoms with van der Waals surface area (Å²) in [5.74, 6) is -1.51. The van der Waals surface area contributed by atoms with Gasteiger partial charge in [-0.25, -0.2) is 8.42 Å². The normalized spacial score (nSPS) is 15.9. The summed E-state index contributed by atoms with van der Waals surface area (Å²) in [5.41, 5.74) is 0.832. The molecule has 0 atom stereocenters. The lowest BCUT2D eigenvalue weighted by molar-refractivity contribution is -0.136. The predicted molar refractivity (Wildman–Crippen MR) is 85.3 cm³/mol. The molecule has 0 unspecified atom stereocenters. The number of carbonyl (C=O) groups is 2. The Bertz CT molecular complexity index is 725. The minimum absolute atomic E-state index is 0.0198. The van der Waals surface area contributed by atoms with Crippen molar-refractivity contribution in [1.29, 1.82) is 0 Å². The first-order valence-corrected chi connectivity index (χ1v) is 8.95. The summed E-state index contributed by atoms with van der Waals surface area (Å²) in [6.45, 7) is 2.90. The summed E-state index contributed by atoms with van der Waals surface area (Å²) >= 11 is 0. The Kier molecular flexibility index (Phi) is 5.92. The van der Waals surface area contributed by atoms with Gasteiger partial charge in [-0.15, -0.1) is 0 Å². The number of aliphatic carboxylic acids is 1. The topological polar surface area (TPSA) is 113 Å². The fourth-order valence-corrected chi connectivity index (χ4v) is 3.76. The number of morpholine rings is 1. The van der Waals surface area contributed by atoms with Gasteiger partial charge in [-0.3, -0.25) is 9.59 Å². The van der Waals surface area contributed by atoms with E-state index in [2.05, 4.69) is 5.32 Å². The average molecular weight is 356 g/mol. The number of hydrogen-bond donors (Lipinski definition) is 2. The van der Waals surface area contributed by atoms with E-state index < -0.39 is 21.9 Å². The van der Waals surface area contributed by atoms with Gasteiger partial charge in [0.1, 0.15) is 0 Å². The molecular weight excluding hydrogens is 336 g/mol. The Morgan fingerprint density at radius 2 is 1.96 bits per heavy atom. The molecule has 2 rings (SSSR count). The van der Waals surface area contributed by atoms with Crippen LogP contribution in [-0.2, 0) is 19.6 Å². The van der Waals surface area contributed by atoms with Gasteiger partial charge in [-0.1, -0.05) is 6.07 Å². The average Bonchev–Trinajstić information content (AvgIpc) is 2.55. The van der Waals surface area contributed by atoms with Crippen LogP contribution in [0.5, 0.6) is 0 Å². The molecule has 2 N–H and O–H groups in total. The lowest BCUT2D eigenvalue weighted by Gasteiger charge is -2.26. The van der Waals surface area contributed by atoms with E-state index >= 15 is 0 Å². The summed E-state index contributed by atoms with van der Waals surface area (Å²) in [6.07, 6.45) is -0.198. The Hall–Kier alpha value is -1.97. The summed E-state index contributed by atoms with van der Waals surface area (Å²) in [5, 5.41) is 11.1. The first kappa shape index (κ1) is 18.4. The van der Waals surface area contributed by atoms with Crippen LogP contribution in [-0.4, -0.2) is 62.6 Å². The molecule has 132 valence electrons. The van der Waals surface area contributed by atoms with Gasteiger partial charge in [0.2, 0.25) is 10.0 Å². The van der Waals surface area contributed by atoms with Crippen LogP contribution in [0.3, 0.4) is 0 Å². The largest absolute Gasteiger partial charge is 0.481 e. The Balaban J connectivity index is 2.21. The van der Waals surface area contributed by atoms with Crippen molar-refractivity contribution in [1.82, 2.24) is 9.62 Å². The van der Waals surface area contributed by atoms with Crippen LogP contribution in [0.4, 0.5) is 0 Å². The van der Waals surface area contributed by atoms with E-state index in [1.807, 2.05) is 0 Å². The molecule has 0 spiro atoms. The van der Waals surface area contributed by atoms with E-state index in [4.69, 9.17) is 9.84 Å². The molecule has 1 heterocycles. The lowest BCUT2D eigenvalue weighted by atomic mass is 10.1. The third-order valence-electron chi connectivity index (χ3n) is 3.69. The van der Waals surface area contributed by atoms with Crippen molar-refractivity contribution < 1.29 is 27.9 Å². The Morgan fingerprint density at radius 1 is 1.29 bits per heavy atom. The second kappa shape index (κ2) is 7.73. The van der Waals surface area contributed by atoms with Gasteiger partial charge in [0.05, 0.1) is 24.5 Å². The zero-order valence-corrected chi connectivity index (χ0v) is 14.1. The van der Waals surface area contributed by atoms with Crippen LogP contribution < -0.4 is 5.32 Å². The Labute approximate surface area is 140 Å². The number of carboxylic acid groups (broad SMARTS) is 1. The molecule has 1 fully saturated rings. The van der Waals surface area contributed by atoms with Gasteiger partial charge >= 0.3 is 5.97 Å². The van der Waals surface area contributed by atoms with Crippen molar-refractivity contribution in [2.45, 2.75) is 18.2 Å². The SMILES string of the molecule is Cc1ccc(S(=O)(=O)N2CCOCC2)cc1C(=O)NCCC(=O)O. The lowest BCUT2D eigenvalue weighted by Crippen LogP contribution is -2.40. The summed E-state index contributed by atoms with van der Waals surface area (Å²) < 4.78 is 31.8. The fourth-order valence-electron chi connectivity index (χ4n) is 2.32. The number of carboxylic acids is 1. The maximum Gasteiger partial charge on any atom is 0.305 e. The summed E-state index contributed by atoms with van der Waals surface area (Å²) in [6, 6.07) is 4.36. The van der Waals surface area contributed by atoms with Crippen molar-refractivity contribution in [2.75, 3.05) is 32.8 Å². The molecule has 8 nitrogen and oxygen atoms in total.